The smallest absolute Gasteiger partial charge is 0.340 e. The zero-order chi connectivity index (χ0) is 23.4. The number of nitrogens with one attached hydrogen (secondary N) is 1. The van der Waals surface area contributed by atoms with E-state index >= 15 is 0 Å². The third kappa shape index (κ3) is 4.42. The highest BCUT2D eigenvalue weighted by molar-refractivity contribution is 6.01. The predicted molar refractivity (Wildman–Crippen MR) is 119 cm³/mol. The molecule has 0 saturated heterocycles. The van der Waals surface area contributed by atoms with E-state index in [0.29, 0.717) is 11.4 Å². The monoisotopic (exact) mass is 448 g/mol. The van der Waals surface area contributed by atoms with Gasteiger partial charge in [0, 0.05) is 6.07 Å². The molecule has 0 unspecified atom stereocenters. The molecule has 11 heteroatoms. The summed E-state index contributed by atoms with van der Waals surface area (Å²) in [6.45, 7) is 1.57. The molecule has 0 bridgehead atoms. The standard InChI is InChI=1S/C22H20N6O5/c1-3-33-22(31)16-9-4-5-10-17(16)24-18(29)12-27-13-23-20-19(21(27)30)25-26-28(20)14-7-6-8-15(11-14)32-2/h4-11,13H,3,12H2,1-2H3,(H,24,29). The zero-order valence-corrected chi connectivity index (χ0v) is 17.9. The summed E-state index contributed by atoms with van der Waals surface area (Å²) >= 11 is 0. The summed E-state index contributed by atoms with van der Waals surface area (Å²) in [5.41, 5.74) is 0.859. The Hall–Kier alpha value is -4.54. The second-order valence-corrected chi connectivity index (χ2v) is 6.87. The second-order valence-electron chi connectivity index (χ2n) is 6.87. The van der Waals surface area contributed by atoms with Crippen LogP contribution in [0.2, 0.25) is 0 Å². The van der Waals surface area contributed by atoms with Gasteiger partial charge >= 0.3 is 5.97 Å². The van der Waals surface area contributed by atoms with E-state index in [2.05, 4.69) is 20.6 Å². The van der Waals surface area contributed by atoms with Crippen LogP contribution in [0.4, 0.5) is 5.69 Å². The fourth-order valence-electron chi connectivity index (χ4n) is 3.20. The first kappa shape index (κ1) is 21.7. The van der Waals surface area contributed by atoms with Gasteiger partial charge in [-0.15, -0.1) is 5.10 Å². The molecule has 0 aliphatic rings. The summed E-state index contributed by atoms with van der Waals surface area (Å²) in [6.07, 6.45) is 1.25. The highest BCUT2D eigenvalue weighted by Crippen LogP contribution is 2.18. The van der Waals surface area contributed by atoms with E-state index in [9.17, 15) is 14.4 Å². The van der Waals surface area contributed by atoms with Crippen LogP contribution in [-0.4, -0.2) is 50.1 Å². The van der Waals surface area contributed by atoms with Crippen molar-refractivity contribution in [2.24, 2.45) is 0 Å². The Kier molecular flexibility index (Phi) is 6.11. The van der Waals surface area contributed by atoms with Crippen LogP contribution < -0.4 is 15.6 Å². The SMILES string of the molecule is CCOC(=O)c1ccccc1NC(=O)Cn1cnc2c(nnn2-c2cccc(OC)c2)c1=O. The van der Waals surface area contributed by atoms with Crippen molar-refractivity contribution in [2.75, 3.05) is 19.0 Å². The van der Waals surface area contributed by atoms with Gasteiger partial charge in [0.25, 0.3) is 5.56 Å². The number of carbonyl (C=O) groups excluding carboxylic acids is 2. The number of hydrogen-bond acceptors (Lipinski definition) is 8. The lowest BCUT2D eigenvalue weighted by atomic mass is 10.2. The summed E-state index contributed by atoms with van der Waals surface area (Å²) in [6, 6.07) is 13.5. The van der Waals surface area contributed by atoms with Crippen molar-refractivity contribution < 1.29 is 19.1 Å². The number of esters is 1. The molecule has 33 heavy (non-hydrogen) atoms. The fraction of sp³-hybridized carbons (Fsp3) is 0.182. The van der Waals surface area contributed by atoms with Crippen molar-refractivity contribution in [2.45, 2.75) is 13.5 Å². The first-order valence-corrected chi connectivity index (χ1v) is 10.0. The summed E-state index contributed by atoms with van der Waals surface area (Å²) in [7, 11) is 1.55. The molecule has 2 aromatic carbocycles. The molecule has 11 nitrogen and oxygen atoms in total. The molecule has 0 atom stereocenters. The van der Waals surface area contributed by atoms with Gasteiger partial charge in [0.15, 0.2) is 11.2 Å². The maximum absolute atomic E-state index is 12.9. The highest BCUT2D eigenvalue weighted by atomic mass is 16.5. The Balaban J connectivity index is 1.58. The Morgan fingerprint density at radius 1 is 1.12 bits per heavy atom. The molecule has 0 aliphatic heterocycles. The summed E-state index contributed by atoms with van der Waals surface area (Å²) < 4.78 is 12.8. The molecule has 2 aromatic heterocycles. The number of aromatic nitrogens is 5. The fourth-order valence-corrected chi connectivity index (χ4v) is 3.20. The number of hydrogen-bond donors (Lipinski definition) is 1. The molecular formula is C22H20N6O5. The number of para-hydroxylation sites is 1. The number of amides is 1. The third-order valence-corrected chi connectivity index (χ3v) is 4.74. The minimum atomic E-state index is -0.553. The Labute approximate surface area is 187 Å². The zero-order valence-electron chi connectivity index (χ0n) is 17.9. The van der Waals surface area contributed by atoms with Crippen molar-refractivity contribution in [3.63, 3.8) is 0 Å². The maximum Gasteiger partial charge on any atom is 0.340 e. The van der Waals surface area contributed by atoms with Crippen LogP contribution in [0.5, 0.6) is 5.75 Å². The largest absolute Gasteiger partial charge is 0.497 e. The molecule has 0 saturated carbocycles. The lowest BCUT2D eigenvalue weighted by Crippen LogP contribution is -2.28. The molecule has 0 fully saturated rings. The minimum absolute atomic E-state index is 0.0139. The number of anilines is 1. The van der Waals surface area contributed by atoms with Gasteiger partial charge in [-0.2, -0.15) is 4.68 Å². The molecule has 1 N–H and O–H groups in total. The predicted octanol–water partition coefficient (Wildman–Crippen LogP) is 1.80. The van der Waals surface area contributed by atoms with Gasteiger partial charge in [-0.25, -0.2) is 9.78 Å². The van der Waals surface area contributed by atoms with Gasteiger partial charge < -0.3 is 14.8 Å². The van der Waals surface area contributed by atoms with E-state index in [4.69, 9.17) is 9.47 Å². The van der Waals surface area contributed by atoms with Crippen molar-refractivity contribution in [1.29, 1.82) is 0 Å². The quantitative estimate of drug-likeness (QED) is 0.424. The van der Waals surface area contributed by atoms with Crippen LogP contribution in [0.25, 0.3) is 16.9 Å². The van der Waals surface area contributed by atoms with E-state index in [0.717, 1.165) is 4.57 Å². The van der Waals surface area contributed by atoms with Gasteiger partial charge in [-0.1, -0.05) is 23.4 Å². The number of benzene rings is 2. The molecule has 1 amide bonds. The van der Waals surface area contributed by atoms with E-state index in [1.165, 1.54) is 11.0 Å². The number of ether oxygens (including phenoxy) is 2. The molecule has 4 rings (SSSR count). The maximum atomic E-state index is 12.9. The van der Waals surface area contributed by atoms with Gasteiger partial charge in [0.2, 0.25) is 5.91 Å². The topological polar surface area (TPSA) is 130 Å². The number of methoxy groups -OCH3 is 1. The number of rotatable bonds is 7. The van der Waals surface area contributed by atoms with Crippen molar-refractivity contribution in [3.8, 4) is 11.4 Å². The normalized spacial score (nSPS) is 10.7. The molecule has 2 heterocycles. The van der Waals surface area contributed by atoms with Crippen LogP contribution in [0.1, 0.15) is 17.3 Å². The molecule has 168 valence electrons. The number of nitrogens with zero attached hydrogens (tertiary/aromatic N) is 5. The second kappa shape index (κ2) is 9.30. The van der Waals surface area contributed by atoms with E-state index < -0.39 is 17.4 Å². The first-order chi connectivity index (χ1) is 16.0. The Bertz CT molecular complexity index is 1390. The minimum Gasteiger partial charge on any atom is -0.497 e. The Morgan fingerprint density at radius 3 is 2.73 bits per heavy atom. The lowest BCUT2D eigenvalue weighted by molar-refractivity contribution is -0.116. The third-order valence-electron chi connectivity index (χ3n) is 4.74. The van der Waals surface area contributed by atoms with Gasteiger partial charge in [-0.05, 0) is 31.2 Å². The van der Waals surface area contributed by atoms with Crippen molar-refractivity contribution >= 4 is 28.7 Å². The van der Waals surface area contributed by atoms with Crippen molar-refractivity contribution in [1.82, 2.24) is 24.5 Å². The van der Waals surface area contributed by atoms with E-state index in [-0.39, 0.29) is 35.6 Å². The van der Waals surface area contributed by atoms with Crippen LogP contribution in [0, 0.1) is 0 Å². The summed E-state index contributed by atoms with van der Waals surface area (Å²) in [4.78, 5) is 41.8. The first-order valence-electron chi connectivity index (χ1n) is 10.0. The van der Waals surface area contributed by atoms with E-state index in [1.807, 2.05) is 0 Å². The van der Waals surface area contributed by atoms with Crippen LogP contribution >= 0.6 is 0 Å². The summed E-state index contributed by atoms with van der Waals surface area (Å²) in [5, 5.41) is 10.6. The average molecular weight is 448 g/mol. The van der Waals surface area contributed by atoms with Crippen molar-refractivity contribution in [3.05, 3.63) is 70.8 Å². The molecular weight excluding hydrogens is 428 g/mol. The Morgan fingerprint density at radius 2 is 1.94 bits per heavy atom. The average Bonchev–Trinajstić information content (AvgIpc) is 3.26. The van der Waals surface area contributed by atoms with Crippen LogP contribution in [0.15, 0.2) is 59.7 Å². The van der Waals surface area contributed by atoms with Crippen LogP contribution in [0.3, 0.4) is 0 Å². The molecule has 4 aromatic rings. The molecule has 0 spiro atoms. The van der Waals surface area contributed by atoms with Gasteiger partial charge in [0.05, 0.1) is 30.7 Å². The lowest BCUT2D eigenvalue weighted by Gasteiger charge is -2.11. The molecule has 0 aliphatic carbocycles. The van der Waals surface area contributed by atoms with Gasteiger partial charge in [-0.3, -0.25) is 14.2 Å². The number of carbonyl (C=O) groups is 2. The van der Waals surface area contributed by atoms with Gasteiger partial charge in [0.1, 0.15) is 18.6 Å². The number of fused-ring (bicyclic) bond motifs is 1. The highest BCUT2D eigenvalue weighted by Gasteiger charge is 2.17. The molecule has 0 radical (unpaired) electrons. The summed E-state index contributed by atoms with van der Waals surface area (Å²) in [5.74, 6) is -0.456. The van der Waals surface area contributed by atoms with E-state index in [1.54, 1.807) is 62.6 Å². The van der Waals surface area contributed by atoms with Crippen LogP contribution in [-0.2, 0) is 16.1 Å².